The molecule has 94 valence electrons. The molecule has 2 fully saturated rings. The molecule has 4 heteroatoms. The van der Waals surface area contributed by atoms with Crippen LogP contribution in [-0.2, 0) is 9.84 Å². The topological polar surface area (TPSA) is 46.2 Å². The molecule has 0 spiro atoms. The summed E-state index contributed by atoms with van der Waals surface area (Å²) in [5.41, 5.74) is 0.324. The molecule has 3 nitrogen and oxygen atoms in total. The Labute approximate surface area is 98.9 Å². The summed E-state index contributed by atoms with van der Waals surface area (Å²) in [7, 11) is -2.84. The largest absolute Gasteiger partial charge is 0.313 e. The van der Waals surface area contributed by atoms with Gasteiger partial charge in [0, 0.05) is 12.6 Å². The first-order valence-corrected chi connectivity index (χ1v) is 8.10. The Morgan fingerprint density at radius 1 is 1.31 bits per heavy atom. The van der Waals surface area contributed by atoms with E-state index in [0.29, 0.717) is 11.2 Å². The van der Waals surface area contributed by atoms with Crippen LogP contribution in [0.4, 0.5) is 0 Å². The summed E-state index contributed by atoms with van der Waals surface area (Å²) in [6.07, 6.45) is 5.88. The van der Waals surface area contributed by atoms with E-state index in [2.05, 4.69) is 5.32 Å². The summed E-state index contributed by atoms with van der Waals surface area (Å²) in [6, 6.07) is 0.735. The predicted molar refractivity (Wildman–Crippen MR) is 66.2 cm³/mol. The highest BCUT2D eigenvalue weighted by molar-refractivity contribution is 7.91. The van der Waals surface area contributed by atoms with Crippen LogP contribution in [0.1, 0.15) is 46.0 Å². The normalized spacial score (nSPS) is 23.7. The zero-order valence-corrected chi connectivity index (χ0v) is 11.1. The average molecular weight is 245 g/mol. The molecule has 0 aromatic heterocycles. The Morgan fingerprint density at radius 3 is 2.38 bits per heavy atom. The van der Waals surface area contributed by atoms with Gasteiger partial charge in [-0.2, -0.15) is 0 Å². The summed E-state index contributed by atoms with van der Waals surface area (Å²) in [6.45, 7) is 4.58. The van der Waals surface area contributed by atoms with Gasteiger partial charge in [-0.05, 0) is 51.4 Å². The molecule has 1 N–H and O–H groups in total. The molecular weight excluding hydrogens is 222 g/mol. The molecule has 2 saturated carbocycles. The van der Waals surface area contributed by atoms with Gasteiger partial charge in [-0.15, -0.1) is 0 Å². The lowest BCUT2D eigenvalue weighted by Crippen LogP contribution is -2.28. The van der Waals surface area contributed by atoms with E-state index in [0.717, 1.165) is 19.0 Å². The average Bonchev–Trinajstić information content (AvgIpc) is 3.09. The fraction of sp³-hybridized carbons (Fsp3) is 1.00. The van der Waals surface area contributed by atoms with Crippen molar-refractivity contribution in [2.45, 2.75) is 57.2 Å². The summed E-state index contributed by atoms with van der Waals surface area (Å²) in [4.78, 5) is 0. The Morgan fingerprint density at radius 2 is 1.94 bits per heavy atom. The first kappa shape index (κ1) is 12.4. The molecular formula is C12H23NO2S. The molecule has 2 aliphatic carbocycles. The third-order valence-electron chi connectivity index (χ3n) is 3.94. The lowest BCUT2D eigenvalue weighted by Gasteiger charge is -2.16. The molecule has 0 aromatic rings. The molecule has 0 radical (unpaired) electrons. The van der Waals surface area contributed by atoms with Crippen molar-refractivity contribution in [3.63, 3.8) is 0 Å². The molecule has 0 atom stereocenters. The van der Waals surface area contributed by atoms with Crippen molar-refractivity contribution in [2.24, 2.45) is 5.41 Å². The van der Waals surface area contributed by atoms with Crippen molar-refractivity contribution in [2.75, 3.05) is 12.3 Å². The lowest BCUT2D eigenvalue weighted by atomic mass is 10.0. The van der Waals surface area contributed by atoms with Crippen LogP contribution in [0.15, 0.2) is 0 Å². The van der Waals surface area contributed by atoms with E-state index in [4.69, 9.17) is 0 Å². The Balaban J connectivity index is 1.76. The second-order valence-electron chi connectivity index (χ2n) is 5.82. The SMILES string of the molecule is CC(C)S(=O)(=O)CCC1(CNC2CC2)CC1. The first-order chi connectivity index (χ1) is 7.44. The first-order valence-electron chi connectivity index (χ1n) is 6.39. The van der Waals surface area contributed by atoms with E-state index in [1.54, 1.807) is 13.8 Å². The van der Waals surface area contributed by atoms with E-state index >= 15 is 0 Å². The Bertz CT molecular complexity index is 340. The van der Waals surface area contributed by atoms with Gasteiger partial charge in [0.05, 0.1) is 11.0 Å². The standard InChI is InChI=1S/C12H23NO2S/c1-10(2)16(14,15)8-7-12(5-6-12)9-13-11-3-4-11/h10-11,13H,3-9H2,1-2H3. The van der Waals surface area contributed by atoms with Gasteiger partial charge >= 0.3 is 0 Å². The van der Waals surface area contributed by atoms with Crippen LogP contribution in [0, 0.1) is 5.41 Å². The van der Waals surface area contributed by atoms with Gasteiger partial charge in [0.15, 0.2) is 9.84 Å². The van der Waals surface area contributed by atoms with Crippen LogP contribution in [0.5, 0.6) is 0 Å². The third-order valence-corrected chi connectivity index (χ3v) is 6.14. The summed E-state index contributed by atoms with van der Waals surface area (Å²) in [5.74, 6) is 0.372. The highest BCUT2D eigenvalue weighted by Crippen LogP contribution is 2.49. The molecule has 0 heterocycles. The second kappa shape index (κ2) is 4.30. The summed E-state index contributed by atoms with van der Waals surface area (Å²) >= 11 is 0. The Hall–Kier alpha value is -0.0900. The monoisotopic (exact) mass is 245 g/mol. The zero-order valence-electron chi connectivity index (χ0n) is 10.3. The van der Waals surface area contributed by atoms with Gasteiger partial charge < -0.3 is 5.32 Å². The molecule has 16 heavy (non-hydrogen) atoms. The molecule has 0 amide bonds. The van der Waals surface area contributed by atoms with Crippen LogP contribution < -0.4 is 5.32 Å². The molecule has 0 saturated heterocycles. The van der Waals surface area contributed by atoms with Crippen LogP contribution in [0.3, 0.4) is 0 Å². The van der Waals surface area contributed by atoms with Gasteiger partial charge in [0.25, 0.3) is 0 Å². The van der Waals surface area contributed by atoms with Crippen molar-refractivity contribution in [1.82, 2.24) is 5.32 Å². The number of sulfone groups is 1. The van der Waals surface area contributed by atoms with Gasteiger partial charge in [-0.3, -0.25) is 0 Å². The maximum atomic E-state index is 11.7. The Kier molecular flexibility index (Phi) is 3.32. The predicted octanol–water partition coefficient (Wildman–Crippen LogP) is 1.73. The highest BCUT2D eigenvalue weighted by atomic mass is 32.2. The number of hydrogen-bond donors (Lipinski definition) is 1. The summed E-state index contributed by atoms with van der Waals surface area (Å²) in [5, 5.41) is 3.31. The van der Waals surface area contributed by atoms with Crippen molar-refractivity contribution in [3.8, 4) is 0 Å². The van der Waals surface area contributed by atoms with Gasteiger partial charge in [-0.25, -0.2) is 8.42 Å². The lowest BCUT2D eigenvalue weighted by molar-refractivity contribution is 0.440. The van der Waals surface area contributed by atoms with Crippen molar-refractivity contribution in [3.05, 3.63) is 0 Å². The van der Waals surface area contributed by atoms with E-state index in [-0.39, 0.29) is 5.25 Å². The van der Waals surface area contributed by atoms with Crippen LogP contribution in [-0.4, -0.2) is 32.0 Å². The smallest absolute Gasteiger partial charge is 0.152 e. The quantitative estimate of drug-likeness (QED) is 0.743. The van der Waals surface area contributed by atoms with E-state index in [1.165, 1.54) is 25.7 Å². The van der Waals surface area contributed by atoms with Crippen molar-refractivity contribution < 1.29 is 8.42 Å². The molecule has 2 aliphatic rings. The molecule has 2 rings (SSSR count). The van der Waals surface area contributed by atoms with Gasteiger partial charge in [0.1, 0.15) is 0 Å². The van der Waals surface area contributed by atoms with Crippen LogP contribution in [0.25, 0.3) is 0 Å². The maximum Gasteiger partial charge on any atom is 0.152 e. The fourth-order valence-corrected chi connectivity index (χ4v) is 3.12. The van der Waals surface area contributed by atoms with Crippen molar-refractivity contribution >= 4 is 9.84 Å². The van der Waals surface area contributed by atoms with Crippen LogP contribution in [0.2, 0.25) is 0 Å². The van der Waals surface area contributed by atoms with Crippen molar-refractivity contribution in [1.29, 1.82) is 0 Å². The maximum absolute atomic E-state index is 11.7. The molecule has 0 unspecified atom stereocenters. The third kappa shape index (κ3) is 3.20. The van der Waals surface area contributed by atoms with Crippen LogP contribution >= 0.6 is 0 Å². The fourth-order valence-electron chi connectivity index (χ4n) is 1.93. The number of nitrogens with one attached hydrogen (secondary N) is 1. The molecule has 0 aliphatic heterocycles. The van der Waals surface area contributed by atoms with Gasteiger partial charge in [0.2, 0.25) is 0 Å². The van der Waals surface area contributed by atoms with Gasteiger partial charge in [-0.1, -0.05) is 0 Å². The summed E-state index contributed by atoms with van der Waals surface area (Å²) < 4.78 is 23.5. The van der Waals surface area contributed by atoms with E-state index in [9.17, 15) is 8.42 Å². The van der Waals surface area contributed by atoms with E-state index < -0.39 is 9.84 Å². The highest BCUT2D eigenvalue weighted by Gasteiger charge is 2.43. The zero-order chi connectivity index (χ0) is 11.8. The molecule has 0 bridgehead atoms. The minimum absolute atomic E-state index is 0.223. The molecule has 0 aromatic carbocycles. The van der Waals surface area contributed by atoms with E-state index in [1.807, 2.05) is 0 Å². The second-order valence-corrected chi connectivity index (χ2v) is 8.50. The number of hydrogen-bond acceptors (Lipinski definition) is 3. The minimum atomic E-state index is -2.84. The number of rotatable bonds is 7. The minimum Gasteiger partial charge on any atom is -0.313 e.